The van der Waals surface area contributed by atoms with Crippen molar-refractivity contribution in [3.05, 3.63) is 48.0 Å². The minimum absolute atomic E-state index is 0.0288. The highest BCUT2D eigenvalue weighted by atomic mass is 16.5. The Morgan fingerprint density at radius 3 is 2.70 bits per heavy atom. The van der Waals surface area contributed by atoms with Crippen LogP contribution in [0.2, 0.25) is 0 Å². The summed E-state index contributed by atoms with van der Waals surface area (Å²) in [6.45, 7) is 0. The second-order valence-corrected chi connectivity index (χ2v) is 4.78. The third-order valence-electron chi connectivity index (χ3n) is 3.49. The molecule has 0 unspecified atom stereocenters. The minimum atomic E-state index is -0.407. The summed E-state index contributed by atoms with van der Waals surface area (Å²) in [5, 5.41) is 11.0. The molecule has 3 rings (SSSR count). The average Bonchev–Trinajstić information content (AvgIpc) is 3.22. The third-order valence-corrected chi connectivity index (χ3v) is 3.49. The SMILES string of the molecule is COc1c(C(=O)/C=C/c2ccc[nH]2)c(O)c(OC)c2occc12. The number of carbonyl (C=O) groups excluding carboxylic acids is 1. The van der Waals surface area contributed by atoms with Gasteiger partial charge in [0, 0.05) is 11.9 Å². The van der Waals surface area contributed by atoms with Gasteiger partial charge in [-0.25, -0.2) is 0 Å². The number of aromatic hydroxyl groups is 1. The second kappa shape index (κ2) is 5.92. The number of H-pyrrole nitrogens is 1. The van der Waals surface area contributed by atoms with Crippen molar-refractivity contribution in [3.63, 3.8) is 0 Å². The summed E-state index contributed by atoms with van der Waals surface area (Å²) in [4.78, 5) is 15.5. The van der Waals surface area contributed by atoms with E-state index < -0.39 is 5.78 Å². The lowest BCUT2D eigenvalue weighted by Crippen LogP contribution is -2.02. The van der Waals surface area contributed by atoms with Crippen LogP contribution in [0.5, 0.6) is 17.2 Å². The second-order valence-electron chi connectivity index (χ2n) is 4.78. The number of furan rings is 1. The summed E-state index contributed by atoms with van der Waals surface area (Å²) in [6.07, 6.45) is 6.17. The molecule has 2 N–H and O–H groups in total. The Morgan fingerprint density at radius 1 is 1.26 bits per heavy atom. The quantitative estimate of drug-likeness (QED) is 0.557. The molecule has 3 aromatic rings. The molecular formula is C17H15NO5. The number of hydrogen-bond donors (Lipinski definition) is 2. The van der Waals surface area contributed by atoms with Crippen molar-refractivity contribution in [1.29, 1.82) is 0 Å². The average molecular weight is 313 g/mol. The van der Waals surface area contributed by atoms with Gasteiger partial charge >= 0.3 is 0 Å². The first kappa shape index (κ1) is 14.8. The first-order chi connectivity index (χ1) is 11.2. The molecule has 0 amide bonds. The third kappa shape index (κ3) is 2.44. The van der Waals surface area contributed by atoms with Crippen LogP contribution in [0.3, 0.4) is 0 Å². The number of hydrogen-bond acceptors (Lipinski definition) is 5. The van der Waals surface area contributed by atoms with Crippen LogP contribution in [-0.4, -0.2) is 30.1 Å². The van der Waals surface area contributed by atoms with Crippen molar-refractivity contribution in [2.45, 2.75) is 0 Å². The number of ether oxygens (including phenoxy) is 2. The lowest BCUT2D eigenvalue weighted by molar-refractivity contribution is 0.104. The molecule has 0 fully saturated rings. The number of phenols is 1. The molecule has 2 aromatic heterocycles. The van der Waals surface area contributed by atoms with Crippen molar-refractivity contribution in [3.8, 4) is 17.2 Å². The smallest absolute Gasteiger partial charge is 0.205 e. The van der Waals surface area contributed by atoms with Gasteiger partial charge in [-0.1, -0.05) is 0 Å². The Morgan fingerprint density at radius 2 is 2.04 bits per heavy atom. The molecule has 6 heteroatoms. The fourth-order valence-corrected chi connectivity index (χ4v) is 2.45. The number of aromatic amines is 1. The van der Waals surface area contributed by atoms with E-state index in [1.54, 1.807) is 18.3 Å². The van der Waals surface area contributed by atoms with Crippen LogP contribution in [0, 0.1) is 0 Å². The van der Waals surface area contributed by atoms with Crippen LogP contribution in [-0.2, 0) is 0 Å². The highest BCUT2D eigenvalue weighted by molar-refractivity contribution is 6.15. The van der Waals surface area contributed by atoms with Gasteiger partial charge in [0.05, 0.1) is 25.9 Å². The number of methoxy groups -OCH3 is 2. The molecule has 0 saturated carbocycles. The predicted molar refractivity (Wildman–Crippen MR) is 85.1 cm³/mol. The van der Waals surface area contributed by atoms with E-state index in [2.05, 4.69) is 4.98 Å². The van der Waals surface area contributed by atoms with Crippen molar-refractivity contribution < 1.29 is 23.8 Å². The number of allylic oxidation sites excluding steroid dienone is 1. The minimum Gasteiger partial charge on any atom is -0.504 e. The number of benzene rings is 1. The fraction of sp³-hybridized carbons (Fsp3) is 0.118. The number of phenolic OH excluding ortho intramolecular Hbond substituents is 1. The number of rotatable bonds is 5. The summed E-state index contributed by atoms with van der Waals surface area (Å²) < 4.78 is 15.8. The van der Waals surface area contributed by atoms with Gasteiger partial charge < -0.3 is 24.0 Å². The normalized spacial score (nSPS) is 11.2. The number of carbonyl (C=O) groups is 1. The number of fused-ring (bicyclic) bond motifs is 1. The first-order valence-electron chi connectivity index (χ1n) is 6.87. The molecule has 2 heterocycles. The highest BCUT2D eigenvalue weighted by Crippen LogP contribution is 2.45. The van der Waals surface area contributed by atoms with Crippen molar-refractivity contribution in [2.24, 2.45) is 0 Å². The van der Waals surface area contributed by atoms with Gasteiger partial charge in [-0.05, 0) is 30.4 Å². The van der Waals surface area contributed by atoms with E-state index in [0.717, 1.165) is 5.69 Å². The lowest BCUT2D eigenvalue weighted by atomic mass is 10.0. The van der Waals surface area contributed by atoms with E-state index in [0.29, 0.717) is 11.0 Å². The van der Waals surface area contributed by atoms with E-state index in [1.807, 2.05) is 12.1 Å². The molecule has 118 valence electrons. The zero-order valence-corrected chi connectivity index (χ0v) is 12.6. The predicted octanol–water partition coefficient (Wildman–Crippen LogP) is 3.38. The summed E-state index contributed by atoms with van der Waals surface area (Å²) in [6, 6.07) is 5.30. The molecule has 0 aliphatic heterocycles. The van der Waals surface area contributed by atoms with Gasteiger partial charge in [-0.15, -0.1) is 0 Å². The van der Waals surface area contributed by atoms with E-state index >= 15 is 0 Å². The lowest BCUT2D eigenvalue weighted by Gasteiger charge is -2.12. The summed E-state index contributed by atoms with van der Waals surface area (Å²) >= 11 is 0. The van der Waals surface area contributed by atoms with Crippen molar-refractivity contribution in [1.82, 2.24) is 4.98 Å². The Hall–Kier alpha value is -3.15. The van der Waals surface area contributed by atoms with Gasteiger partial charge in [0.25, 0.3) is 0 Å². The Labute approximate surface area is 131 Å². The Bertz CT molecular complexity index is 874. The summed E-state index contributed by atoms with van der Waals surface area (Å²) in [5.41, 5.74) is 1.13. The largest absolute Gasteiger partial charge is 0.504 e. The molecule has 0 atom stereocenters. The van der Waals surface area contributed by atoms with Crippen LogP contribution in [0.25, 0.3) is 17.0 Å². The van der Waals surface area contributed by atoms with Crippen molar-refractivity contribution in [2.75, 3.05) is 14.2 Å². The molecule has 0 saturated heterocycles. The molecule has 0 spiro atoms. The van der Waals surface area contributed by atoms with E-state index in [1.165, 1.54) is 26.6 Å². The molecule has 1 aromatic carbocycles. The topological polar surface area (TPSA) is 84.7 Å². The molecule has 0 aliphatic carbocycles. The molecule has 6 nitrogen and oxygen atoms in total. The Kier molecular flexibility index (Phi) is 3.80. The van der Waals surface area contributed by atoms with Crippen LogP contribution < -0.4 is 9.47 Å². The van der Waals surface area contributed by atoms with Gasteiger partial charge in [0.2, 0.25) is 5.75 Å². The fourth-order valence-electron chi connectivity index (χ4n) is 2.45. The standard InChI is InChI=1S/C17H15NO5/c1-21-15-11-7-9-23-16(11)17(22-2)14(20)13(15)12(19)6-5-10-4-3-8-18-10/h3-9,18,20H,1-2H3/b6-5+. The number of nitrogens with one attached hydrogen (secondary N) is 1. The summed E-state index contributed by atoms with van der Waals surface area (Å²) in [5.74, 6) is -0.376. The zero-order chi connectivity index (χ0) is 16.4. The zero-order valence-electron chi connectivity index (χ0n) is 12.6. The molecule has 0 bridgehead atoms. The maximum absolute atomic E-state index is 12.5. The van der Waals surface area contributed by atoms with Crippen molar-refractivity contribution >= 4 is 22.8 Å². The van der Waals surface area contributed by atoms with Gasteiger partial charge in [0.15, 0.2) is 17.1 Å². The maximum Gasteiger partial charge on any atom is 0.205 e. The highest BCUT2D eigenvalue weighted by Gasteiger charge is 2.26. The number of aromatic nitrogens is 1. The monoisotopic (exact) mass is 313 g/mol. The summed E-state index contributed by atoms with van der Waals surface area (Å²) in [7, 11) is 2.83. The van der Waals surface area contributed by atoms with E-state index in [9.17, 15) is 9.90 Å². The van der Waals surface area contributed by atoms with E-state index in [4.69, 9.17) is 13.9 Å². The number of ketones is 1. The van der Waals surface area contributed by atoms with Crippen LogP contribution in [0.15, 0.2) is 41.2 Å². The Balaban J connectivity index is 2.15. The van der Waals surface area contributed by atoms with Crippen LogP contribution in [0.4, 0.5) is 0 Å². The molecular weight excluding hydrogens is 298 g/mol. The van der Waals surface area contributed by atoms with E-state index in [-0.39, 0.29) is 22.8 Å². The first-order valence-corrected chi connectivity index (χ1v) is 6.87. The van der Waals surface area contributed by atoms with Gasteiger partial charge in [-0.2, -0.15) is 0 Å². The molecule has 0 aliphatic rings. The maximum atomic E-state index is 12.5. The van der Waals surface area contributed by atoms with Crippen LogP contribution >= 0.6 is 0 Å². The molecule has 0 radical (unpaired) electrons. The van der Waals surface area contributed by atoms with Crippen LogP contribution in [0.1, 0.15) is 16.1 Å². The van der Waals surface area contributed by atoms with Gasteiger partial charge in [0.1, 0.15) is 11.3 Å². The molecule has 23 heavy (non-hydrogen) atoms. The van der Waals surface area contributed by atoms with Gasteiger partial charge in [-0.3, -0.25) is 4.79 Å².